The van der Waals surface area contributed by atoms with Gasteiger partial charge in [0, 0.05) is 25.1 Å². The number of anilines is 1. The lowest BCUT2D eigenvalue weighted by atomic mass is 10.0. The van der Waals surface area contributed by atoms with Crippen LogP contribution in [-0.2, 0) is 0 Å². The molecule has 1 aliphatic heterocycles. The number of amides is 1. The molecule has 0 fully saturated rings. The van der Waals surface area contributed by atoms with Crippen LogP contribution in [0.15, 0.2) is 61.1 Å². The van der Waals surface area contributed by atoms with Crippen LogP contribution in [0.1, 0.15) is 12.0 Å². The Labute approximate surface area is 140 Å². The minimum atomic E-state index is -0.215. The van der Waals surface area contributed by atoms with Gasteiger partial charge in [0.25, 0.3) is 0 Å². The first-order chi connectivity index (χ1) is 11.8. The molecule has 0 saturated carbocycles. The largest absolute Gasteiger partial charge is 0.331 e. The van der Waals surface area contributed by atoms with Crippen molar-refractivity contribution in [2.75, 3.05) is 18.4 Å². The fourth-order valence-electron chi connectivity index (χ4n) is 2.92. The highest BCUT2D eigenvalue weighted by Gasteiger charge is 2.09. The molecule has 5 nitrogen and oxygen atoms in total. The number of nitrogens with one attached hydrogen (secondary N) is 2. The zero-order valence-electron chi connectivity index (χ0n) is 13.2. The summed E-state index contributed by atoms with van der Waals surface area (Å²) in [5.41, 5.74) is 2.41. The number of hydrogen-bond acceptors (Lipinski definition) is 3. The lowest BCUT2D eigenvalue weighted by Crippen LogP contribution is -2.20. The van der Waals surface area contributed by atoms with Crippen molar-refractivity contribution in [3.05, 3.63) is 66.6 Å². The Bertz CT molecular complexity index is 876. The molecular weight excluding hydrogens is 300 g/mol. The minimum absolute atomic E-state index is 0.215. The molecule has 0 unspecified atom stereocenters. The van der Waals surface area contributed by atoms with Gasteiger partial charge in [0.2, 0.25) is 0 Å². The first-order valence-electron chi connectivity index (χ1n) is 8.04. The van der Waals surface area contributed by atoms with Crippen molar-refractivity contribution in [2.45, 2.75) is 6.42 Å². The highest BCUT2D eigenvalue weighted by Crippen LogP contribution is 2.20. The third kappa shape index (κ3) is 2.94. The Kier molecular flexibility index (Phi) is 3.84. The van der Waals surface area contributed by atoms with Gasteiger partial charge in [0.05, 0.1) is 0 Å². The van der Waals surface area contributed by atoms with E-state index in [-0.39, 0.29) is 6.03 Å². The maximum Gasteiger partial charge on any atom is 0.331 e. The SMILES string of the molecule is O=C(Nc1ccc(C2=CCNCC2)cn1)n1cc2ccccc2c1. The number of nitrogens with zero attached hydrogens (tertiary/aromatic N) is 2. The predicted molar refractivity (Wildman–Crippen MR) is 96.1 cm³/mol. The van der Waals surface area contributed by atoms with E-state index in [2.05, 4.69) is 21.7 Å². The number of carbonyl (C=O) groups excluding carboxylic acids is 1. The molecule has 0 spiro atoms. The summed E-state index contributed by atoms with van der Waals surface area (Å²) in [4.78, 5) is 16.7. The first-order valence-corrected chi connectivity index (χ1v) is 8.04. The molecule has 1 amide bonds. The fourth-order valence-corrected chi connectivity index (χ4v) is 2.92. The molecule has 2 N–H and O–H groups in total. The Morgan fingerprint density at radius 2 is 1.92 bits per heavy atom. The number of benzene rings is 1. The normalized spacial score (nSPS) is 14.4. The highest BCUT2D eigenvalue weighted by atomic mass is 16.2. The summed E-state index contributed by atoms with van der Waals surface area (Å²) in [7, 11) is 0. The number of aromatic nitrogens is 2. The average molecular weight is 318 g/mol. The first kappa shape index (κ1) is 14.7. The van der Waals surface area contributed by atoms with Crippen LogP contribution in [0.2, 0.25) is 0 Å². The van der Waals surface area contributed by atoms with Gasteiger partial charge in [-0.25, -0.2) is 9.78 Å². The number of fused-ring (bicyclic) bond motifs is 1. The van der Waals surface area contributed by atoms with Gasteiger partial charge in [-0.05, 0) is 47.0 Å². The summed E-state index contributed by atoms with van der Waals surface area (Å²) in [5, 5.41) is 8.20. The predicted octanol–water partition coefficient (Wildman–Crippen LogP) is 3.49. The molecule has 120 valence electrons. The van der Waals surface area contributed by atoms with Crippen molar-refractivity contribution in [1.82, 2.24) is 14.9 Å². The van der Waals surface area contributed by atoms with Gasteiger partial charge in [0.15, 0.2) is 0 Å². The van der Waals surface area contributed by atoms with Crippen LogP contribution >= 0.6 is 0 Å². The van der Waals surface area contributed by atoms with Gasteiger partial charge in [-0.1, -0.05) is 30.3 Å². The van der Waals surface area contributed by atoms with Crippen LogP contribution in [0, 0.1) is 0 Å². The Morgan fingerprint density at radius 3 is 2.54 bits per heavy atom. The molecule has 1 aromatic carbocycles. The number of pyridine rings is 1. The molecule has 0 radical (unpaired) electrons. The summed E-state index contributed by atoms with van der Waals surface area (Å²) in [6.07, 6.45) is 8.64. The Hall–Kier alpha value is -2.92. The zero-order valence-corrected chi connectivity index (χ0v) is 13.2. The highest BCUT2D eigenvalue weighted by molar-refractivity contribution is 5.94. The van der Waals surface area contributed by atoms with Gasteiger partial charge in [0.1, 0.15) is 5.82 Å². The van der Waals surface area contributed by atoms with E-state index < -0.39 is 0 Å². The van der Waals surface area contributed by atoms with E-state index in [1.807, 2.05) is 55.0 Å². The van der Waals surface area contributed by atoms with E-state index in [0.29, 0.717) is 5.82 Å². The number of hydrogen-bond donors (Lipinski definition) is 2. The van der Waals surface area contributed by atoms with Crippen molar-refractivity contribution in [3.8, 4) is 0 Å². The van der Waals surface area contributed by atoms with Gasteiger partial charge in [-0.2, -0.15) is 0 Å². The molecule has 4 rings (SSSR count). The lowest BCUT2D eigenvalue weighted by molar-refractivity contribution is 0.253. The number of carbonyl (C=O) groups is 1. The van der Waals surface area contributed by atoms with Crippen LogP contribution in [0.5, 0.6) is 0 Å². The third-order valence-corrected chi connectivity index (χ3v) is 4.22. The second-order valence-corrected chi connectivity index (χ2v) is 5.84. The van der Waals surface area contributed by atoms with Crippen LogP contribution in [0.4, 0.5) is 10.6 Å². The summed E-state index contributed by atoms with van der Waals surface area (Å²) < 4.78 is 1.55. The van der Waals surface area contributed by atoms with Crippen molar-refractivity contribution in [1.29, 1.82) is 0 Å². The molecule has 2 aromatic heterocycles. The van der Waals surface area contributed by atoms with Crippen molar-refractivity contribution in [2.24, 2.45) is 0 Å². The molecule has 0 atom stereocenters. The monoisotopic (exact) mass is 318 g/mol. The van der Waals surface area contributed by atoms with E-state index in [1.54, 1.807) is 4.57 Å². The molecule has 3 aromatic rings. The zero-order chi connectivity index (χ0) is 16.4. The Balaban J connectivity index is 1.50. The van der Waals surface area contributed by atoms with Gasteiger partial charge >= 0.3 is 6.03 Å². The smallest absolute Gasteiger partial charge is 0.313 e. The van der Waals surface area contributed by atoms with Crippen molar-refractivity contribution >= 4 is 28.2 Å². The van der Waals surface area contributed by atoms with E-state index >= 15 is 0 Å². The van der Waals surface area contributed by atoms with Gasteiger partial charge in [-0.15, -0.1) is 0 Å². The second kappa shape index (κ2) is 6.29. The van der Waals surface area contributed by atoms with Crippen LogP contribution in [0.25, 0.3) is 16.3 Å². The topological polar surface area (TPSA) is 59.0 Å². The van der Waals surface area contributed by atoms with E-state index in [9.17, 15) is 4.79 Å². The van der Waals surface area contributed by atoms with Gasteiger partial charge in [-0.3, -0.25) is 9.88 Å². The van der Waals surface area contributed by atoms with Crippen molar-refractivity contribution < 1.29 is 4.79 Å². The molecular formula is C19H18N4O. The molecule has 0 aliphatic carbocycles. The summed E-state index contributed by atoms with van der Waals surface area (Å²) in [6, 6.07) is 11.5. The average Bonchev–Trinajstić information content (AvgIpc) is 3.07. The maximum atomic E-state index is 12.4. The summed E-state index contributed by atoms with van der Waals surface area (Å²) in [5.74, 6) is 0.552. The van der Waals surface area contributed by atoms with E-state index in [4.69, 9.17) is 0 Å². The van der Waals surface area contributed by atoms with E-state index in [1.165, 1.54) is 5.57 Å². The maximum absolute atomic E-state index is 12.4. The number of rotatable bonds is 2. The third-order valence-electron chi connectivity index (χ3n) is 4.22. The Morgan fingerprint density at radius 1 is 1.12 bits per heavy atom. The van der Waals surface area contributed by atoms with Crippen LogP contribution in [-0.4, -0.2) is 28.7 Å². The standard InChI is InChI=1S/C19H18N4O/c24-19(23-12-16-3-1-2-4-17(16)13-23)22-18-6-5-15(11-21-18)14-7-9-20-10-8-14/h1-7,11-13,20H,8-10H2,(H,21,22,24). The molecule has 0 saturated heterocycles. The quantitative estimate of drug-likeness (QED) is 0.760. The molecule has 5 heteroatoms. The second-order valence-electron chi connectivity index (χ2n) is 5.84. The lowest BCUT2D eigenvalue weighted by Gasteiger charge is -2.14. The molecule has 0 bridgehead atoms. The van der Waals surface area contributed by atoms with Gasteiger partial charge < -0.3 is 5.32 Å². The van der Waals surface area contributed by atoms with Crippen LogP contribution < -0.4 is 10.6 Å². The molecule has 24 heavy (non-hydrogen) atoms. The van der Waals surface area contributed by atoms with Crippen molar-refractivity contribution in [3.63, 3.8) is 0 Å². The summed E-state index contributed by atoms with van der Waals surface area (Å²) in [6.45, 7) is 1.89. The summed E-state index contributed by atoms with van der Waals surface area (Å²) >= 11 is 0. The van der Waals surface area contributed by atoms with Crippen LogP contribution in [0.3, 0.4) is 0 Å². The van der Waals surface area contributed by atoms with E-state index in [0.717, 1.165) is 35.8 Å². The molecule has 1 aliphatic rings. The minimum Gasteiger partial charge on any atom is -0.313 e. The molecule has 3 heterocycles. The fraction of sp³-hybridized carbons (Fsp3) is 0.158.